The first-order valence-electron chi connectivity index (χ1n) is 11.4. The van der Waals surface area contributed by atoms with Crippen molar-refractivity contribution >= 4 is 11.5 Å². The Kier molecular flexibility index (Phi) is 7.80. The van der Waals surface area contributed by atoms with Gasteiger partial charge < -0.3 is 19.7 Å². The minimum Gasteiger partial charge on any atom is -0.497 e. The maximum atomic E-state index is 5.59. The Labute approximate surface area is 191 Å². The average molecular weight is 435 g/mol. The number of guanidine groups is 1. The van der Waals surface area contributed by atoms with Crippen LogP contribution in [-0.2, 0) is 4.74 Å². The first-order chi connectivity index (χ1) is 15.8. The van der Waals surface area contributed by atoms with E-state index in [-0.39, 0.29) is 6.04 Å². The summed E-state index contributed by atoms with van der Waals surface area (Å²) in [5.41, 5.74) is 4.02. The molecule has 0 saturated carbocycles. The number of nitrogens with zero attached hydrogens (tertiary/aromatic N) is 3. The SMILES string of the molecule is CN=C(NCC(c1ccc(OC)cc1)N1CCOCC1)N1CC=C(c2ccccc2)CC1. The predicted octanol–water partition coefficient (Wildman–Crippen LogP) is 3.43. The lowest BCUT2D eigenvalue weighted by Gasteiger charge is -2.36. The highest BCUT2D eigenvalue weighted by atomic mass is 16.5. The predicted molar refractivity (Wildman–Crippen MR) is 130 cm³/mol. The highest BCUT2D eigenvalue weighted by molar-refractivity contribution is 5.81. The van der Waals surface area contributed by atoms with E-state index in [2.05, 4.69) is 68.6 Å². The van der Waals surface area contributed by atoms with Gasteiger partial charge in [0.25, 0.3) is 0 Å². The third kappa shape index (κ3) is 5.50. The monoisotopic (exact) mass is 434 g/mol. The number of methoxy groups -OCH3 is 1. The van der Waals surface area contributed by atoms with Crippen molar-refractivity contribution in [2.24, 2.45) is 4.99 Å². The molecule has 6 heteroatoms. The summed E-state index contributed by atoms with van der Waals surface area (Å²) in [5.74, 6) is 1.84. The number of ether oxygens (including phenoxy) is 2. The zero-order valence-electron chi connectivity index (χ0n) is 19.2. The molecule has 1 atom stereocenters. The van der Waals surface area contributed by atoms with E-state index in [1.54, 1.807) is 7.11 Å². The first kappa shape index (κ1) is 22.4. The molecule has 4 rings (SSSR count). The Morgan fingerprint density at radius 3 is 2.44 bits per heavy atom. The van der Waals surface area contributed by atoms with Gasteiger partial charge in [0.2, 0.25) is 0 Å². The van der Waals surface area contributed by atoms with Gasteiger partial charge in [-0.2, -0.15) is 0 Å². The molecule has 170 valence electrons. The van der Waals surface area contributed by atoms with Crippen molar-refractivity contribution in [2.75, 3.05) is 60.1 Å². The van der Waals surface area contributed by atoms with Gasteiger partial charge in [-0.05, 0) is 35.3 Å². The summed E-state index contributed by atoms with van der Waals surface area (Å²) in [5, 5.41) is 3.65. The Bertz CT molecular complexity index is 905. The summed E-state index contributed by atoms with van der Waals surface area (Å²) in [6.07, 6.45) is 3.35. The van der Waals surface area contributed by atoms with E-state index in [0.717, 1.165) is 64.1 Å². The number of rotatable bonds is 6. The molecule has 0 aliphatic carbocycles. The fourth-order valence-electron chi connectivity index (χ4n) is 4.47. The average Bonchev–Trinajstić information content (AvgIpc) is 2.88. The second-order valence-corrected chi connectivity index (χ2v) is 8.16. The van der Waals surface area contributed by atoms with Crippen molar-refractivity contribution < 1.29 is 9.47 Å². The van der Waals surface area contributed by atoms with Crippen LogP contribution in [0.25, 0.3) is 5.57 Å². The highest BCUT2D eigenvalue weighted by Crippen LogP contribution is 2.25. The van der Waals surface area contributed by atoms with Crippen molar-refractivity contribution in [3.8, 4) is 5.75 Å². The number of hydrogen-bond donors (Lipinski definition) is 1. The van der Waals surface area contributed by atoms with Crippen LogP contribution in [0, 0.1) is 0 Å². The smallest absolute Gasteiger partial charge is 0.194 e. The van der Waals surface area contributed by atoms with E-state index in [0.29, 0.717) is 0 Å². The second kappa shape index (κ2) is 11.2. The Morgan fingerprint density at radius 1 is 1.06 bits per heavy atom. The Morgan fingerprint density at radius 2 is 1.81 bits per heavy atom. The normalized spacial score (nSPS) is 18.8. The summed E-state index contributed by atoms with van der Waals surface area (Å²) >= 11 is 0. The molecule has 0 spiro atoms. The summed E-state index contributed by atoms with van der Waals surface area (Å²) in [4.78, 5) is 9.41. The highest BCUT2D eigenvalue weighted by Gasteiger charge is 2.24. The molecule has 6 nitrogen and oxygen atoms in total. The summed E-state index contributed by atoms with van der Waals surface area (Å²) in [6, 6.07) is 19.3. The zero-order valence-corrected chi connectivity index (χ0v) is 19.2. The van der Waals surface area contributed by atoms with Gasteiger partial charge in [0.15, 0.2) is 5.96 Å². The lowest BCUT2D eigenvalue weighted by atomic mass is 10.00. The van der Waals surface area contributed by atoms with Crippen LogP contribution in [0.15, 0.2) is 65.7 Å². The maximum Gasteiger partial charge on any atom is 0.194 e. The third-order valence-corrected chi connectivity index (χ3v) is 6.31. The summed E-state index contributed by atoms with van der Waals surface area (Å²) in [7, 11) is 3.58. The quantitative estimate of drug-likeness (QED) is 0.558. The van der Waals surface area contributed by atoms with Crippen molar-refractivity contribution in [1.82, 2.24) is 15.1 Å². The minimum atomic E-state index is 0.252. The molecular formula is C26H34N4O2. The molecule has 1 unspecified atom stereocenters. The van der Waals surface area contributed by atoms with Gasteiger partial charge in [0.1, 0.15) is 5.75 Å². The first-order valence-corrected chi connectivity index (χ1v) is 11.4. The molecule has 2 aromatic carbocycles. The van der Waals surface area contributed by atoms with E-state index in [9.17, 15) is 0 Å². The molecule has 2 aliphatic rings. The van der Waals surface area contributed by atoms with Crippen LogP contribution in [0.2, 0.25) is 0 Å². The van der Waals surface area contributed by atoms with Gasteiger partial charge in [-0.1, -0.05) is 48.5 Å². The van der Waals surface area contributed by atoms with Crippen LogP contribution in [-0.4, -0.2) is 75.9 Å². The van der Waals surface area contributed by atoms with E-state index in [1.807, 2.05) is 19.2 Å². The van der Waals surface area contributed by atoms with Gasteiger partial charge in [-0.3, -0.25) is 9.89 Å². The second-order valence-electron chi connectivity index (χ2n) is 8.16. The topological polar surface area (TPSA) is 49.3 Å². The van der Waals surface area contributed by atoms with Crippen LogP contribution in [0.3, 0.4) is 0 Å². The largest absolute Gasteiger partial charge is 0.497 e. The lowest BCUT2D eigenvalue weighted by Crippen LogP contribution is -2.48. The number of hydrogen-bond acceptors (Lipinski definition) is 4. The number of morpholine rings is 1. The molecule has 1 fully saturated rings. The molecule has 0 aromatic heterocycles. The summed E-state index contributed by atoms with van der Waals surface area (Å²) in [6.45, 7) is 6.05. The molecule has 2 aliphatic heterocycles. The lowest BCUT2D eigenvalue weighted by molar-refractivity contribution is 0.0169. The third-order valence-electron chi connectivity index (χ3n) is 6.31. The van der Waals surface area contributed by atoms with Crippen LogP contribution >= 0.6 is 0 Å². The molecular weight excluding hydrogens is 400 g/mol. The van der Waals surface area contributed by atoms with Gasteiger partial charge in [-0.15, -0.1) is 0 Å². The van der Waals surface area contributed by atoms with Gasteiger partial charge in [0, 0.05) is 39.8 Å². The van der Waals surface area contributed by atoms with Crippen LogP contribution in [0.4, 0.5) is 0 Å². The molecule has 0 radical (unpaired) electrons. The Balaban J connectivity index is 1.42. The fraction of sp³-hybridized carbons (Fsp3) is 0.423. The van der Waals surface area contributed by atoms with Crippen molar-refractivity contribution in [1.29, 1.82) is 0 Å². The van der Waals surface area contributed by atoms with E-state index in [1.165, 1.54) is 16.7 Å². The standard InChI is InChI=1S/C26H34N4O2/c1-27-26(30-14-12-22(13-15-30)21-6-4-3-5-7-21)28-20-25(29-16-18-32-19-17-29)23-8-10-24(31-2)11-9-23/h3-12,25H,13-20H2,1-2H3,(H,27,28). The maximum absolute atomic E-state index is 5.59. The summed E-state index contributed by atoms with van der Waals surface area (Å²) < 4.78 is 10.9. The van der Waals surface area contributed by atoms with Crippen LogP contribution in [0.1, 0.15) is 23.6 Å². The fourth-order valence-corrected chi connectivity index (χ4v) is 4.47. The molecule has 2 aromatic rings. The number of aliphatic imine (C=N–C) groups is 1. The van der Waals surface area contributed by atoms with E-state index < -0.39 is 0 Å². The van der Waals surface area contributed by atoms with E-state index >= 15 is 0 Å². The molecule has 0 amide bonds. The molecule has 1 N–H and O–H groups in total. The van der Waals surface area contributed by atoms with Crippen molar-refractivity contribution in [2.45, 2.75) is 12.5 Å². The molecule has 0 bridgehead atoms. The van der Waals surface area contributed by atoms with Gasteiger partial charge in [-0.25, -0.2) is 0 Å². The van der Waals surface area contributed by atoms with Crippen molar-refractivity contribution in [3.05, 3.63) is 71.8 Å². The zero-order chi connectivity index (χ0) is 22.2. The van der Waals surface area contributed by atoms with E-state index in [4.69, 9.17) is 9.47 Å². The minimum absolute atomic E-state index is 0.252. The van der Waals surface area contributed by atoms with Crippen LogP contribution in [0.5, 0.6) is 5.75 Å². The van der Waals surface area contributed by atoms with Crippen molar-refractivity contribution in [3.63, 3.8) is 0 Å². The van der Waals surface area contributed by atoms with Crippen LogP contribution < -0.4 is 10.1 Å². The molecule has 1 saturated heterocycles. The van der Waals surface area contributed by atoms with Gasteiger partial charge in [0.05, 0.1) is 26.4 Å². The Hall–Kier alpha value is -2.83. The molecule has 32 heavy (non-hydrogen) atoms. The number of benzene rings is 2. The molecule has 2 heterocycles. The number of nitrogens with one attached hydrogen (secondary N) is 1. The van der Waals surface area contributed by atoms with Gasteiger partial charge >= 0.3 is 0 Å².